The number of aromatic nitrogens is 1. The molecule has 1 saturated carbocycles. The molecule has 0 saturated heterocycles. The van der Waals surface area contributed by atoms with E-state index in [0.29, 0.717) is 24.5 Å². The van der Waals surface area contributed by atoms with Gasteiger partial charge in [0.2, 0.25) is 10.0 Å². The smallest absolute Gasteiger partial charge is 0.246 e. The number of hydrogen-bond donors (Lipinski definition) is 2. The van der Waals surface area contributed by atoms with Gasteiger partial charge in [0.1, 0.15) is 10.6 Å². The van der Waals surface area contributed by atoms with Crippen molar-refractivity contribution in [1.29, 1.82) is 0 Å². The van der Waals surface area contributed by atoms with Crippen molar-refractivity contribution < 1.29 is 18.0 Å². The van der Waals surface area contributed by atoms with E-state index in [-0.39, 0.29) is 17.3 Å². The molecule has 0 spiro atoms. The Labute approximate surface area is 119 Å². The highest BCUT2D eigenvalue weighted by atomic mass is 32.2. The molecule has 1 aromatic heterocycles. The minimum Gasteiger partial charge on any atom is -0.394 e. The first-order valence-corrected chi connectivity index (χ1v) is 8.36. The molecule has 0 aromatic carbocycles. The number of hydrogen-bond acceptors (Lipinski definition) is 5. The van der Waals surface area contributed by atoms with Crippen LogP contribution >= 0.6 is 0 Å². The van der Waals surface area contributed by atoms with Crippen LogP contribution in [-0.2, 0) is 10.0 Å². The van der Waals surface area contributed by atoms with Gasteiger partial charge in [0.25, 0.3) is 0 Å². The Balaban J connectivity index is 2.27. The predicted octanol–water partition coefficient (Wildman–Crippen LogP) is 1.51. The van der Waals surface area contributed by atoms with Gasteiger partial charge in [-0.05, 0) is 45.4 Å². The van der Waals surface area contributed by atoms with Crippen molar-refractivity contribution in [2.45, 2.75) is 56.9 Å². The van der Waals surface area contributed by atoms with Crippen molar-refractivity contribution in [3.63, 3.8) is 0 Å². The molecule has 1 aliphatic carbocycles. The molecule has 6 nitrogen and oxygen atoms in total. The molecule has 1 heterocycles. The molecule has 1 aliphatic rings. The van der Waals surface area contributed by atoms with Gasteiger partial charge in [-0.1, -0.05) is 12.1 Å². The minimum absolute atomic E-state index is 0.0870. The van der Waals surface area contributed by atoms with Gasteiger partial charge in [-0.3, -0.25) is 0 Å². The van der Waals surface area contributed by atoms with E-state index >= 15 is 0 Å². The van der Waals surface area contributed by atoms with E-state index in [1.165, 1.54) is 0 Å². The van der Waals surface area contributed by atoms with Gasteiger partial charge in [0.15, 0.2) is 5.76 Å². The van der Waals surface area contributed by atoms with Gasteiger partial charge in [-0.15, -0.1) is 0 Å². The van der Waals surface area contributed by atoms with Gasteiger partial charge < -0.3 is 9.63 Å². The third-order valence-electron chi connectivity index (χ3n) is 4.12. The summed E-state index contributed by atoms with van der Waals surface area (Å²) < 4.78 is 32.7. The Morgan fingerprint density at radius 2 is 2.00 bits per heavy atom. The quantitative estimate of drug-likeness (QED) is 0.879. The number of nitrogens with one attached hydrogen (secondary N) is 1. The lowest BCUT2D eigenvalue weighted by molar-refractivity contribution is 0.125. The number of aliphatic hydroxyl groups is 1. The largest absolute Gasteiger partial charge is 0.394 e. The molecule has 0 bridgehead atoms. The molecule has 7 heteroatoms. The second-order valence-electron chi connectivity index (χ2n) is 5.88. The second kappa shape index (κ2) is 5.46. The molecular formula is C13H22N2O4S. The van der Waals surface area contributed by atoms with Gasteiger partial charge in [-0.25, -0.2) is 13.1 Å². The van der Waals surface area contributed by atoms with Gasteiger partial charge in [0, 0.05) is 0 Å². The molecule has 2 N–H and O–H groups in total. The van der Waals surface area contributed by atoms with Crippen LogP contribution in [0, 0.1) is 19.8 Å². The normalized spacial score (nSPS) is 27.7. The number of sulfonamides is 1. The van der Waals surface area contributed by atoms with E-state index < -0.39 is 15.6 Å². The highest BCUT2D eigenvalue weighted by Crippen LogP contribution is 2.33. The zero-order valence-corrected chi connectivity index (χ0v) is 13.0. The summed E-state index contributed by atoms with van der Waals surface area (Å²) in [5, 5.41) is 13.3. The molecule has 0 unspecified atom stereocenters. The van der Waals surface area contributed by atoms with Gasteiger partial charge >= 0.3 is 0 Å². The highest BCUT2D eigenvalue weighted by molar-refractivity contribution is 7.89. The SMILES string of the molecule is Cc1noc(C)c1S(=O)(=O)NC1(CO)CCC(C)CC1. The lowest BCUT2D eigenvalue weighted by atomic mass is 9.78. The van der Waals surface area contributed by atoms with Crippen LogP contribution in [0.25, 0.3) is 0 Å². The number of aliphatic hydroxyl groups excluding tert-OH is 1. The van der Waals surface area contributed by atoms with E-state index in [1.54, 1.807) is 13.8 Å². The maximum absolute atomic E-state index is 12.5. The Kier molecular flexibility index (Phi) is 4.22. The first kappa shape index (κ1) is 15.5. The maximum atomic E-state index is 12.5. The lowest BCUT2D eigenvalue weighted by Gasteiger charge is -2.38. The van der Waals surface area contributed by atoms with E-state index in [0.717, 1.165) is 12.8 Å². The summed E-state index contributed by atoms with van der Waals surface area (Å²) in [4.78, 5) is 0.0870. The average Bonchev–Trinajstić information content (AvgIpc) is 2.72. The molecule has 114 valence electrons. The van der Waals surface area contributed by atoms with Crippen molar-refractivity contribution >= 4 is 10.0 Å². The van der Waals surface area contributed by atoms with E-state index in [2.05, 4.69) is 16.8 Å². The van der Waals surface area contributed by atoms with Crippen LogP contribution in [0.3, 0.4) is 0 Å². The number of rotatable bonds is 4. The highest BCUT2D eigenvalue weighted by Gasteiger charge is 2.39. The average molecular weight is 302 g/mol. The lowest BCUT2D eigenvalue weighted by Crippen LogP contribution is -2.53. The summed E-state index contributed by atoms with van der Waals surface area (Å²) in [6, 6.07) is 0. The third kappa shape index (κ3) is 2.89. The zero-order valence-electron chi connectivity index (χ0n) is 12.1. The Hall–Kier alpha value is -0.920. The first-order chi connectivity index (χ1) is 9.30. The fourth-order valence-corrected chi connectivity index (χ4v) is 4.58. The van der Waals surface area contributed by atoms with Crippen LogP contribution in [0.4, 0.5) is 0 Å². The van der Waals surface area contributed by atoms with Crippen LogP contribution in [0.15, 0.2) is 9.42 Å². The molecule has 1 fully saturated rings. The zero-order chi connectivity index (χ0) is 15.0. The van der Waals surface area contributed by atoms with Gasteiger partial charge in [-0.2, -0.15) is 0 Å². The topological polar surface area (TPSA) is 92.4 Å². The van der Waals surface area contributed by atoms with Crippen LogP contribution in [-0.4, -0.2) is 30.8 Å². The van der Waals surface area contributed by atoms with Crippen molar-refractivity contribution in [3.05, 3.63) is 11.5 Å². The summed E-state index contributed by atoms with van der Waals surface area (Å²) in [5.74, 6) is 0.838. The van der Waals surface area contributed by atoms with Crippen LogP contribution < -0.4 is 4.72 Å². The molecule has 20 heavy (non-hydrogen) atoms. The van der Waals surface area contributed by atoms with Crippen molar-refractivity contribution in [2.75, 3.05) is 6.61 Å². The minimum atomic E-state index is -3.73. The second-order valence-corrected chi connectivity index (χ2v) is 7.50. The number of aryl methyl sites for hydroxylation is 2. The molecular weight excluding hydrogens is 280 g/mol. The third-order valence-corrected chi connectivity index (χ3v) is 5.94. The summed E-state index contributed by atoms with van der Waals surface area (Å²) in [7, 11) is -3.73. The first-order valence-electron chi connectivity index (χ1n) is 6.87. The van der Waals surface area contributed by atoms with E-state index in [4.69, 9.17) is 4.52 Å². The molecule has 1 aromatic rings. The summed E-state index contributed by atoms with van der Waals surface area (Å²) in [5.41, 5.74) is -0.422. The molecule has 0 radical (unpaired) electrons. The van der Waals surface area contributed by atoms with Crippen LogP contribution in [0.2, 0.25) is 0 Å². The summed E-state index contributed by atoms with van der Waals surface area (Å²) in [6.45, 7) is 5.12. The molecule has 0 amide bonds. The maximum Gasteiger partial charge on any atom is 0.246 e. The fraction of sp³-hybridized carbons (Fsp3) is 0.769. The van der Waals surface area contributed by atoms with E-state index in [9.17, 15) is 13.5 Å². The summed E-state index contributed by atoms with van der Waals surface area (Å²) >= 11 is 0. The standard InChI is InChI=1S/C13H22N2O4S/c1-9-4-6-13(8-16,7-5-9)15-20(17,18)12-10(2)14-19-11(12)3/h9,15-16H,4-8H2,1-3H3. The Bertz CT molecular complexity index is 552. The Morgan fingerprint density at radius 3 is 2.45 bits per heavy atom. The van der Waals surface area contributed by atoms with Crippen molar-refractivity contribution in [2.24, 2.45) is 5.92 Å². The van der Waals surface area contributed by atoms with Gasteiger partial charge in [0.05, 0.1) is 12.1 Å². The van der Waals surface area contributed by atoms with Crippen LogP contribution in [0.5, 0.6) is 0 Å². The molecule has 0 atom stereocenters. The van der Waals surface area contributed by atoms with Crippen molar-refractivity contribution in [3.8, 4) is 0 Å². The molecule has 2 rings (SSSR count). The van der Waals surface area contributed by atoms with E-state index in [1.807, 2.05) is 0 Å². The van der Waals surface area contributed by atoms with Crippen molar-refractivity contribution in [1.82, 2.24) is 9.88 Å². The monoisotopic (exact) mass is 302 g/mol. The molecule has 0 aliphatic heterocycles. The fourth-order valence-electron chi connectivity index (χ4n) is 2.80. The Morgan fingerprint density at radius 1 is 1.40 bits per heavy atom. The predicted molar refractivity (Wildman–Crippen MR) is 73.7 cm³/mol. The number of nitrogens with zero attached hydrogens (tertiary/aromatic N) is 1. The summed E-state index contributed by atoms with van der Waals surface area (Å²) in [6.07, 6.45) is 3.11. The van der Waals surface area contributed by atoms with Crippen LogP contribution in [0.1, 0.15) is 44.1 Å².